The van der Waals surface area contributed by atoms with Crippen molar-refractivity contribution in [1.29, 1.82) is 0 Å². The molecule has 3 rings (SSSR count). The lowest BCUT2D eigenvalue weighted by atomic mass is 10.2. The van der Waals surface area contributed by atoms with Crippen LogP contribution in [0.3, 0.4) is 0 Å². The Bertz CT molecular complexity index is 1130. The monoisotopic (exact) mass is 489 g/mol. The smallest absolute Gasteiger partial charge is 0.317 e. The van der Waals surface area contributed by atoms with Crippen molar-refractivity contribution in [3.05, 3.63) is 70.3 Å². The first-order valence-corrected chi connectivity index (χ1v) is 12.2. The number of rotatable bonds is 8. The highest BCUT2D eigenvalue weighted by Crippen LogP contribution is 2.26. The highest BCUT2D eigenvalue weighted by atomic mass is 32.2. The van der Waals surface area contributed by atoms with Crippen molar-refractivity contribution < 1.29 is 22.9 Å². The molecule has 1 aliphatic rings. The van der Waals surface area contributed by atoms with Crippen LogP contribution < -0.4 is 5.32 Å². The zero-order chi connectivity index (χ0) is 24.7. The van der Waals surface area contributed by atoms with Crippen LogP contribution in [0.15, 0.2) is 59.5 Å². The fourth-order valence-electron chi connectivity index (χ4n) is 3.64. The van der Waals surface area contributed by atoms with Gasteiger partial charge in [0.1, 0.15) is 0 Å². The van der Waals surface area contributed by atoms with Crippen LogP contribution in [0, 0.1) is 10.1 Å². The van der Waals surface area contributed by atoms with Gasteiger partial charge in [0.2, 0.25) is 15.9 Å². The van der Waals surface area contributed by atoms with Crippen molar-refractivity contribution in [2.45, 2.75) is 17.9 Å². The molecule has 2 aromatic rings. The second-order valence-corrected chi connectivity index (χ2v) is 9.74. The molecule has 3 amide bonds. The number of nitrogens with zero attached hydrogens (tertiary/aromatic N) is 4. The molecule has 1 aliphatic heterocycles. The van der Waals surface area contributed by atoms with Crippen LogP contribution in [0.25, 0.3) is 0 Å². The topological polar surface area (TPSA) is 133 Å². The number of nitro groups is 1. The van der Waals surface area contributed by atoms with Crippen LogP contribution in [0.1, 0.15) is 12.0 Å². The number of hydrogen-bond donors (Lipinski definition) is 1. The van der Waals surface area contributed by atoms with Gasteiger partial charge < -0.3 is 15.1 Å². The number of para-hydroxylation sites is 1. The van der Waals surface area contributed by atoms with E-state index in [0.29, 0.717) is 6.54 Å². The van der Waals surface area contributed by atoms with E-state index >= 15 is 0 Å². The average Bonchev–Trinajstić information content (AvgIpc) is 2.84. The van der Waals surface area contributed by atoms with Gasteiger partial charge in [-0.1, -0.05) is 42.5 Å². The molecule has 1 saturated heterocycles. The molecule has 0 atom stereocenters. The van der Waals surface area contributed by atoms with E-state index in [9.17, 15) is 28.1 Å². The van der Waals surface area contributed by atoms with Gasteiger partial charge in [0, 0.05) is 58.8 Å². The van der Waals surface area contributed by atoms with Gasteiger partial charge in [0.15, 0.2) is 4.90 Å². The predicted octanol–water partition coefficient (Wildman–Crippen LogP) is 1.66. The minimum Gasteiger partial charge on any atom is -0.340 e. The van der Waals surface area contributed by atoms with E-state index in [2.05, 4.69) is 5.32 Å². The molecule has 11 nitrogen and oxygen atoms in total. The van der Waals surface area contributed by atoms with E-state index in [-0.39, 0.29) is 56.0 Å². The first kappa shape index (κ1) is 25.1. The van der Waals surface area contributed by atoms with Gasteiger partial charge in [0.05, 0.1) is 4.92 Å². The number of benzene rings is 2. The van der Waals surface area contributed by atoms with E-state index < -0.39 is 20.6 Å². The Morgan fingerprint density at radius 2 is 1.65 bits per heavy atom. The van der Waals surface area contributed by atoms with Crippen molar-refractivity contribution in [3.8, 4) is 0 Å². The lowest BCUT2D eigenvalue weighted by Crippen LogP contribution is -2.51. The maximum absolute atomic E-state index is 12.9. The molecule has 0 saturated carbocycles. The molecule has 2 aromatic carbocycles. The zero-order valence-electron chi connectivity index (χ0n) is 18.8. The van der Waals surface area contributed by atoms with Gasteiger partial charge >= 0.3 is 6.03 Å². The fourth-order valence-corrected chi connectivity index (χ4v) is 5.22. The molecule has 0 spiro atoms. The standard InChI is InChI=1S/C22H27N5O6S/c1-24(17-18-7-3-2-4-8-18)22(29)23-12-11-21(28)25-13-15-26(16-14-25)34(32,33)20-10-6-5-9-19(20)27(30)31/h2-10H,11-17H2,1H3,(H,23,29). The highest BCUT2D eigenvalue weighted by Gasteiger charge is 2.34. The Balaban J connectivity index is 1.46. The Morgan fingerprint density at radius 3 is 2.29 bits per heavy atom. The molecule has 0 aliphatic carbocycles. The third-order valence-corrected chi connectivity index (χ3v) is 7.44. The molecule has 1 N–H and O–H groups in total. The second-order valence-electron chi connectivity index (χ2n) is 7.83. The van der Waals surface area contributed by atoms with E-state index in [1.807, 2.05) is 30.3 Å². The first-order valence-electron chi connectivity index (χ1n) is 10.7. The van der Waals surface area contributed by atoms with Crippen LogP contribution >= 0.6 is 0 Å². The number of hydrogen-bond acceptors (Lipinski definition) is 6. The molecule has 12 heteroatoms. The van der Waals surface area contributed by atoms with Crippen molar-refractivity contribution in [2.24, 2.45) is 0 Å². The van der Waals surface area contributed by atoms with Crippen LogP contribution in [0.2, 0.25) is 0 Å². The maximum Gasteiger partial charge on any atom is 0.317 e. The number of piperazine rings is 1. The summed E-state index contributed by atoms with van der Waals surface area (Å²) in [6.45, 7) is 1.00. The molecule has 0 unspecified atom stereocenters. The SMILES string of the molecule is CN(Cc1ccccc1)C(=O)NCCC(=O)N1CCN(S(=O)(=O)c2ccccc2[N+](=O)[O-])CC1. The summed E-state index contributed by atoms with van der Waals surface area (Å²) in [4.78, 5) is 37.9. The van der Waals surface area contributed by atoms with Crippen molar-refractivity contribution in [3.63, 3.8) is 0 Å². The minimum atomic E-state index is -4.06. The molecule has 1 heterocycles. The van der Waals surface area contributed by atoms with Crippen LogP contribution in [-0.2, 0) is 21.4 Å². The second kappa shape index (κ2) is 11.1. The molecule has 0 radical (unpaired) electrons. The maximum atomic E-state index is 12.9. The van der Waals surface area contributed by atoms with Crippen LogP contribution in [0.4, 0.5) is 10.5 Å². The van der Waals surface area contributed by atoms with E-state index in [4.69, 9.17) is 0 Å². The predicted molar refractivity (Wildman–Crippen MR) is 124 cm³/mol. The number of nitrogens with one attached hydrogen (secondary N) is 1. The number of carbonyl (C=O) groups excluding carboxylic acids is 2. The van der Waals surface area contributed by atoms with Gasteiger partial charge in [-0.3, -0.25) is 14.9 Å². The molecule has 0 bridgehead atoms. The summed E-state index contributed by atoms with van der Waals surface area (Å²) < 4.78 is 26.9. The Kier molecular flexibility index (Phi) is 8.18. The highest BCUT2D eigenvalue weighted by molar-refractivity contribution is 7.89. The van der Waals surface area contributed by atoms with Gasteiger partial charge in [-0.05, 0) is 11.6 Å². The van der Waals surface area contributed by atoms with Gasteiger partial charge in [-0.25, -0.2) is 13.2 Å². The Hall–Kier alpha value is -3.51. The molecule has 34 heavy (non-hydrogen) atoms. The summed E-state index contributed by atoms with van der Waals surface area (Å²) in [6.07, 6.45) is 0.0851. The quantitative estimate of drug-likeness (QED) is 0.443. The zero-order valence-corrected chi connectivity index (χ0v) is 19.6. The third kappa shape index (κ3) is 6.08. The summed E-state index contributed by atoms with van der Waals surface area (Å²) in [5, 5.41) is 13.9. The van der Waals surface area contributed by atoms with Crippen molar-refractivity contribution in [2.75, 3.05) is 39.8 Å². The number of sulfonamides is 1. The summed E-state index contributed by atoms with van der Waals surface area (Å²) in [7, 11) is -2.39. The molecular formula is C22H27N5O6S. The van der Waals surface area contributed by atoms with Crippen molar-refractivity contribution in [1.82, 2.24) is 19.4 Å². The largest absolute Gasteiger partial charge is 0.340 e. The van der Waals surface area contributed by atoms with E-state index in [1.54, 1.807) is 7.05 Å². The van der Waals surface area contributed by atoms with Gasteiger partial charge in [-0.15, -0.1) is 0 Å². The number of carbonyl (C=O) groups is 2. The minimum absolute atomic E-state index is 0.0340. The molecule has 0 aromatic heterocycles. The summed E-state index contributed by atoms with van der Waals surface area (Å²) >= 11 is 0. The van der Waals surface area contributed by atoms with Crippen LogP contribution in [0.5, 0.6) is 0 Å². The lowest BCUT2D eigenvalue weighted by Gasteiger charge is -2.34. The fraction of sp³-hybridized carbons (Fsp3) is 0.364. The third-order valence-electron chi connectivity index (χ3n) is 5.50. The summed E-state index contributed by atoms with van der Waals surface area (Å²) in [5.74, 6) is -0.200. The van der Waals surface area contributed by atoms with E-state index in [0.717, 1.165) is 15.9 Å². The molecule has 182 valence electrons. The Morgan fingerprint density at radius 1 is 1.03 bits per heavy atom. The molecular weight excluding hydrogens is 462 g/mol. The van der Waals surface area contributed by atoms with Crippen molar-refractivity contribution >= 4 is 27.6 Å². The first-order chi connectivity index (χ1) is 16.2. The number of amides is 3. The number of nitro benzene ring substituents is 1. The van der Waals surface area contributed by atoms with Gasteiger partial charge in [0.25, 0.3) is 5.69 Å². The summed E-state index contributed by atoms with van der Waals surface area (Å²) in [6, 6.07) is 14.4. The number of urea groups is 1. The lowest BCUT2D eigenvalue weighted by molar-refractivity contribution is -0.387. The van der Waals surface area contributed by atoms with Gasteiger partial charge in [-0.2, -0.15) is 4.31 Å². The Labute approximate surface area is 198 Å². The van der Waals surface area contributed by atoms with E-state index in [1.165, 1.54) is 28.0 Å². The molecule has 1 fully saturated rings. The average molecular weight is 490 g/mol. The summed E-state index contributed by atoms with van der Waals surface area (Å²) in [5.41, 5.74) is 0.513. The van der Waals surface area contributed by atoms with Crippen LogP contribution in [-0.4, -0.2) is 79.2 Å². The normalized spacial score (nSPS) is 14.4.